The zero-order chi connectivity index (χ0) is 25.0. The van der Waals surface area contributed by atoms with Crippen LogP contribution in [0.3, 0.4) is 0 Å². The fourth-order valence-corrected chi connectivity index (χ4v) is 3.93. The van der Waals surface area contributed by atoms with Crippen molar-refractivity contribution in [3.8, 4) is 11.5 Å². The monoisotopic (exact) mass is 492 g/mol. The molecular formula is C30H33ClO4. The molecule has 0 fully saturated rings. The standard InChI is InChI=1S/C30H33ClO4/c1-3-5-7-9-22-11-15-24(16-12-22)29(32)34-26-19-20-28(27(31)21-26)35-30(33)25-17-13-23(14-18-25)10-8-6-4-2/h11-21H,3-10H2,1-2H3. The minimum atomic E-state index is -0.490. The Morgan fingerprint density at radius 1 is 0.657 bits per heavy atom. The maximum atomic E-state index is 12.5. The predicted molar refractivity (Wildman–Crippen MR) is 141 cm³/mol. The lowest BCUT2D eigenvalue weighted by Gasteiger charge is -2.10. The normalized spacial score (nSPS) is 10.7. The number of esters is 2. The summed E-state index contributed by atoms with van der Waals surface area (Å²) in [6.07, 6.45) is 9.02. The van der Waals surface area contributed by atoms with Crippen LogP contribution in [0.5, 0.6) is 11.5 Å². The molecule has 0 N–H and O–H groups in total. The number of benzene rings is 3. The summed E-state index contributed by atoms with van der Waals surface area (Å²) >= 11 is 6.30. The van der Waals surface area contributed by atoms with Crippen LogP contribution in [0.2, 0.25) is 5.02 Å². The van der Waals surface area contributed by atoms with Gasteiger partial charge in [-0.25, -0.2) is 9.59 Å². The number of carbonyl (C=O) groups is 2. The van der Waals surface area contributed by atoms with Gasteiger partial charge in [0.1, 0.15) is 11.5 Å². The molecule has 0 aromatic heterocycles. The SMILES string of the molecule is CCCCCc1ccc(C(=O)Oc2ccc(OC(=O)c3ccc(CCCCC)cc3)c(Cl)c2)cc1. The highest BCUT2D eigenvalue weighted by Crippen LogP contribution is 2.30. The highest BCUT2D eigenvalue weighted by atomic mass is 35.5. The summed E-state index contributed by atoms with van der Waals surface area (Å²) in [5.74, 6) is -0.469. The summed E-state index contributed by atoms with van der Waals surface area (Å²) in [6, 6.07) is 19.5. The predicted octanol–water partition coefficient (Wildman–Crippen LogP) is 8.24. The molecule has 0 unspecified atom stereocenters. The molecule has 0 atom stereocenters. The van der Waals surface area contributed by atoms with E-state index in [-0.39, 0.29) is 16.5 Å². The highest BCUT2D eigenvalue weighted by molar-refractivity contribution is 6.32. The van der Waals surface area contributed by atoms with Crippen molar-refractivity contribution in [1.82, 2.24) is 0 Å². The highest BCUT2D eigenvalue weighted by Gasteiger charge is 2.14. The van der Waals surface area contributed by atoms with E-state index in [0.717, 1.165) is 25.7 Å². The van der Waals surface area contributed by atoms with E-state index >= 15 is 0 Å². The van der Waals surface area contributed by atoms with Crippen molar-refractivity contribution in [3.05, 3.63) is 94.0 Å². The van der Waals surface area contributed by atoms with Crippen LogP contribution in [-0.2, 0) is 12.8 Å². The summed E-state index contributed by atoms with van der Waals surface area (Å²) in [4.78, 5) is 25.0. The third kappa shape index (κ3) is 8.25. The van der Waals surface area contributed by atoms with E-state index < -0.39 is 11.9 Å². The van der Waals surface area contributed by atoms with Crippen LogP contribution in [0.25, 0.3) is 0 Å². The van der Waals surface area contributed by atoms with E-state index in [1.807, 2.05) is 24.3 Å². The summed E-state index contributed by atoms with van der Waals surface area (Å²) in [5.41, 5.74) is 3.32. The first-order chi connectivity index (χ1) is 17.0. The molecule has 0 radical (unpaired) electrons. The van der Waals surface area contributed by atoms with E-state index in [0.29, 0.717) is 11.1 Å². The first-order valence-electron chi connectivity index (χ1n) is 12.4. The van der Waals surface area contributed by atoms with E-state index in [1.165, 1.54) is 48.9 Å². The molecule has 0 saturated heterocycles. The second kappa shape index (κ2) is 13.7. The van der Waals surface area contributed by atoms with Crippen LogP contribution >= 0.6 is 11.6 Å². The van der Waals surface area contributed by atoms with Gasteiger partial charge in [-0.1, -0.05) is 75.4 Å². The molecule has 4 nitrogen and oxygen atoms in total. The van der Waals surface area contributed by atoms with Gasteiger partial charge in [0.05, 0.1) is 16.1 Å². The summed E-state index contributed by atoms with van der Waals surface area (Å²) in [5, 5.41) is 0.186. The smallest absolute Gasteiger partial charge is 0.343 e. The average Bonchev–Trinajstić information content (AvgIpc) is 2.87. The van der Waals surface area contributed by atoms with Crippen LogP contribution in [0.1, 0.15) is 84.2 Å². The molecule has 5 heteroatoms. The first kappa shape index (κ1) is 26.5. The van der Waals surface area contributed by atoms with Crippen molar-refractivity contribution in [1.29, 1.82) is 0 Å². The van der Waals surface area contributed by atoms with Gasteiger partial charge in [-0.2, -0.15) is 0 Å². The Kier molecular flexibility index (Phi) is 10.4. The third-order valence-electron chi connectivity index (χ3n) is 5.83. The van der Waals surface area contributed by atoms with Gasteiger partial charge in [0.25, 0.3) is 0 Å². The fraction of sp³-hybridized carbons (Fsp3) is 0.333. The molecular weight excluding hydrogens is 460 g/mol. The van der Waals surface area contributed by atoms with Gasteiger partial charge >= 0.3 is 11.9 Å². The van der Waals surface area contributed by atoms with Crippen LogP contribution in [0, 0.1) is 0 Å². The zero-order valence-electron chi connectivity index (χ0n) is 20.5. The van der Waals surface area contributed by atoms with Gasteiger partial charge in [-0.15, -0.1) is 0 Å². The molecule has 0 heterocycles. The molecule has 0 bridgehead atoms. The van der Waals surface area contributed by atoms with E-state index in [9.17, 15) is 9.59 Å². The Morgan fingerprint density at radius 2 is 1.14 bits per heavy atom. The van der Waals surface area contributed by atoms with Gasteiger partial charge in [0.2, 0.25) is 0 Å². The molecule has 35 heavy (non-hydrogen) atoms. The molecule has 3 aromatic carbocycles. The Bertz CT molecular complexity index is 1100. The van der Waals surface area contributed by atoms with Crippen LogP contribution in [0.4, 0.5) is 0 Å². The van der Waals surface area contributed by atoms with Gasteiger partial charge < -0.3 is 9.47 Å². The number of halogens is 1. The van der Waals surface area contributed by atoms with Gasteiger partial charge in [0, 0.05) is 6.07 Å². The summed E-state index contributed by atoms with van der Waals surface area (Å²) < 4.78 is 10.9. The number of hydrogen-bond acceptors (Lipinski definition) is 4. The third-order valence-corrected chi connectivity index (χ3v) is 6.13. The number of unbranched alkanes of at least 4 members (excludes halogenated alkanes) is 4. The van der Waals surface area contributed by atoms with Gasteiger partial charge in [0.15, 0.2) is 0 Å². The van der Waals surface area contributed by atoms with Crippen molar-refractivity contribution in [2.45, 2.75) is 65.2 Å². The second-order valence-electron chi connectivity index (χ2n) is 8.68. The second-order valence-corrected chi connectivity index (χ2v) is 9.09. The molecule has 184 valence electrons. The number of ether oxygens (including phenoxy) is 2. The van der Waals surface area contributed by atoms with E-state index in [4.69, 9.17) is 21.1 Å². The zero-order valence-corrected chi connectivity index (χ0v) is 21.3. The number of aryl methyl sites for hydroxylation is 2. The van der Waals surface area contributed by atoms with Crippen LogP contribution < -0.4 is 9.47 Å². The Labute approximate surface area is 213 Å². The first-order valence-corrected chi connectivity index (χ1v) is 12.8. The van der Waals surface area contributed by atoms with Crippen molar-refractivity contribution in [3.63, 3.8) is 0 Å². The lowest BCUT2D eigenvalue weighted by Crippen LogP contribution is -2.10. The Morgan fingerprint density at radius 3 is 1.60 bits per heavy atom. The molecule has 0 aliphatic carbocycles. The lowest BCUT2D eigenvalue weighted by molar-refractivity contribution is 0.0719. The number of rotatable bonds is 12. The maximum Gasteiger partial charge on any atom is 0.343 e. The topological polar surface area (TPSA) is 52.6 Å². The summed E-state index contributed by atoms with van der Waals surface area (Å²) in [6.45, 7) is 4.35. The van der Waals surface area contributed by atoms with Crippen molar-refractivity contribution in [2.75, 3.05) is 0 Å². The maximum absolute atomic E-state index is 12.5. The summed E-state index contributed by atoms with van der Waals surface area (Å²) in [7, 11) is 0. The lowest BCUT2D eigenvalue weighted by atomic mass is 10.1. The van der Waals surface area contributed by atoms with Crippen molar-refractivity contribution in [2.24, 2.45) is 0 Å². The largest absolute Gasteiger partial charge is 0.423 e. The Balaban J connectivity index is 1.56. The van der Waals surface area contributed by atoms with Crippen LogP contribution in [0.15, 0.2) is 66.7 Å². The van der Waals surface area contributed by atoms with Gasteiger partial charge in [-0.3, -0.25) is 0 Å². The van der Waals surface area contributed by atoms with E-state index in [1.54, 1.807) is 30.3 Å². The number of hydrogen-bond donors (Lipinski definition) is 0. The molecule has 0 spiro atoms. The minimum absolute atomic E-state index is 0.186. The number of carbonyl (C=O) groups excluding carboxylic acids is 2. The van der Waals surface area contributed by atoms with Crippen LogP contribution in [-0.4, -0.2) is 11.9 Å². The van der Waals surface area contributed by atoms with Crippen molar-refractivity contribution >= 4 is 23.5 Å². The molecule has 0 aliphatic heterocycles. The van der Waals surface area contributed by atoms with Gasteiger partial charge in [-0.05, 0) is 73.2 Å². The molecule has 3 rings (SSSR count). The fourth-order valence-electron chi connectivity index (χ4n) is 3.73. The minimum Gasteiger partial charge on any atom is -0.423 e. The molecule has 0 aliphatic rings. The van der Waals surface area contributed by atoms with Crippen molar-refractivity contribution < 1.29 is 19.1 Å². The van der Waals surface area contributed by atoms with E-state index in [2.05, 4.69) is 13.8 Å². The Hall–Kier alpha value is -3.11. The molecule has 3 aromatic rings. The average molecular weight is 493 g/mol. The molecule has 0 amide bonds. The quantitative estimate of drug-likeness (QED) is 0.145. The molecule has 0 saturated carbocycles.